The number of nitrogens with two attached hydrogens (primary N) is 1. The Morgan fingerprint density at radius 2 is 2.11 bits per heavy atom. The highest BCUT2D eigenvalue weighted by molar-refractivity contribution is 9.10. The first-order chi connectivity index (χ1) is 8.90. The SMILES string of the molecule is Cc1ccc(C(N)Cc2c(Cl)c(C)nn2C)c(Br)c1. The zero-order valence-corrected chi connectivity index (χ0v) is 13.6. The Bertz CT molecular complexity index is 607. The van der Waals surface area contributed by atoms with Gasteiger partial charge in [0.15, 0.2) is 0 Å². The molecule has 102 valence electrons. The minimum atomic E-state index is -0.109. The minimum Gasteiger partial charge on any atom is -0.324 e. The third kappa shape index (κ3) is 3.02. The molecule has 0 aliphatic carbocycles. The molecule has 19 heavy (non-hydrogen) atoms. The van der Waals surface area contributed by atoms with Crippen LogP contribution in [0.15, 0.2) is 22.7 Å². The zero-order valence-electron chi connectivity index (χ0n) is 11.2. The first-order valence-electron chi connectivity index (χ1n) is 6.09. The summed E-state index contributed by atoms with van der Waals surface area (Å²) in [6, 6.07) is 6.09. The Morgan fingerprint density at radius 3 is 2.63 bits per heavy atom. The van der Waals surface area contributed by atoms with E-state index in [4.69, 9.17) is 17.3 Å². The van der Waals surface area contributed by atoms with Gasteiger partial charge in [-0.05, 0) is 31.0 Å². The summed E-state index contributed by atoms with van der Waals surface area (Å²) in [6.07, 6.45) is 0.665. The Balaban J connectivity index is 2.28. The van der Waals surface area contributed by atoms with E-state index in [1.165, 1.54) is 5.56 Å². The number of aryl methyl sites for hydroxylation is 3. The molecule has 0 fully saturated rings. The molecule has 2 rings (SSSR count). The number of benzene rings is 1. The van der Waals surface area contributed by atoms with Crippen molar-refractivity contribution in [3.8, 4) is 0 Å². The van der Waals surface area contributed by atoms with Gasteiger partial charge in [0.2, 0.25) is 0 Å². The molecule has 0 bridgehead atoms. The van der Waals surface area contributed by atoms with Crippen molar-refractivity contribution in [3.63, 3.8) is 0 Å². The molecule has 1 unspecified atom stereocenters. The Morgan fingerprint density at radius 1 is 1.42 bits per heavy atom. The highest BCUT2D eigenvalue weighted by Gasteiger charge is 2.17. The number of aromatic nitrogens is 2. The molecule has 0 amide bonds. The molecule has 2 aromatic rings. The molecule has 1 atom stereocenters. The van der Waals surface area contributed by atoms with Gasteiger partial charge in [0.25, 0.3) is 0 Å². The topological polar surface area (TPSA) is 43.8 Å². The maximum Gasteiger partial charge on any atom is 0.0847 e. The molecular weight excluding hydrogens is 326 g/mol. The summed E-state index contributed by atoms with van der Waals surface area (Å²) in [4.78, 5) is 0. The van der Waals surface area contributed by atoms with E-state index >= 15 is 0 Å². The highest BCUT2D eigenvalue weighted by atomic mass is 79.9. The number of hydrogen-bond donors (Lipinski definition) is 1. The average molecular weight is 343 g/mol. The molecule has 0 saturated carbocycles. The summed E-state index contributed by atoms with van der Waals surface area (Å²) in [6.45, 7) is 3.96. The van der Waals surface area contributed by atoms with Crippen LogP contribution in [0.1, 0.15) is 28.6 Å². The largest absolute Gasteiger partial charge is 0.324 e. The van der Waals surface area contributed by atoms with Crippen molar-refractivity contribution in [1.82, 2.24) is 9.78 Å². The molecule has 1 heterocycles. The smallest absolute Gasteiger partial charge is 0.0847 e. The number of halogens is 2. The zero-order chi connectivity index (χ0) is 14.2. The van der Waals surface area contributed by atoms with Crippen molar-refractivity contribution < 1.29 is 0 Å². The third-order valence-corrected chi connectivity index (χ3v) is 4.41. The van der Waals surface area contributed by atoms with E-state index in [0.29, 0.717) is 11.4 Å². The van der Waals surface area contributed by atoms with Gasteiger partial charge >= 0.3 is 0 Å². The lowest BCUT2D eigenvalue weighted by Gasteiger charge is -2.15. The van der Waals surface area contributed by atoms with Crippen molar-refractivity contribution in [2.75, 3.05) is 0 Å². The molecular formula is C14H17BrClN3. The summed E-state index contributed by atoms with van der Waals surface area (Å²) >= 11 is 9.83. The van der Waals surface area contributed by atoms with Gasteiger partial charge < -0.3 is 5.73 Å². The van der Waals surface area contributed by atoms with Crippen molar-refractivity contribution >= 4 is 27.5 Å². The van der Waals surface area contributed by atoms with Crippen molar-refractivity contribution in [3.05, 3.63) is 50.2 Å². The quantitative estimate of drug-likeness (QED) is 0.924. The second-order valence-electron chi connectivity index (χ2n) is 4.81. The second-order valence-corrected chi connectivity index (χ2v) is 6.04. The van der Waals surface area contributed by atoms with Gasteiger partial charge in [-0.3, -0.25) is 4.68 Å². The van der Waals surface area contributed by atoms with Gasteiger partial charge in [0.05, 0.1) is 16.4 Å². The summed E-state index contributed by atoms with van der Waals surface area (Å²) < 4.78 is 2.84. The van der Waals surface area contributed by atoms with Gasteiger partial charge in [-0.15, -0.1) is 0 Å². The number of rotatable bonds is 3. The maximum absolute atomic E-state index is 6.30. The van der Waals surface area contributed by atoms with E-state index in [0.717, 1.165) is 21.4 Å². The predicted molar refractivity (Wildman–Crippen MR) is 82.5 cm³/mol. The molecule has 0 aliphatic rings. The van der Waals surface area contributed by atoms with Crippen LogP contribution in [0.3, 0.4) is 0 Å². The van der Waals surface area contributed by atoms with E-state index in [1.54, 1.807) is 4.68 Å². The van der Waals surface area contributed by atoms with E-state index in [1.807, 2.05) is 14.0 Å². The minimum absolute atomic E-state index is 0.109. The number of nitrogens with zero attached hydrogens (tertiary/aromatic N) is 2. The van der Waals surface area contributed by atoms with Gasteiger partial charge in [-0.2, -0.15) is 5.10 Å². The molecule has 1 aromatic heterocycles. The van der Waals surface area contributed by atoms with Gasteiger partial charge in [-0.1, -0.05) is 39.7 Å². The first kappa shape index (κ1) is 14.6. The lowest BCUT2D eigenvalue weighted by molar-refractivity contribution is 0.638. The van der Waals surface area contributed by atoms with E-state index in [2.05, 4.69) is 46.2 Å². The van der Waals surface area contributed by atoms with Crippen LogP contribution in [0.25, 0.3) is 0 Å². The van der Waals surface area contributed by atoms with Crippen molar-refractivity contribution in [2.45, 2.75) is 26.3 Å². The Hall–Kier alpha value is -0.840. The van der Waals surface area contributed by atoms with Crippen LogP contribution in [0.4, 0.5) is 0 Å². The number of hydrogen-bond acceptors (Lipinski definition) is 2. The van der Waals surface area contributed by atoms with E-state index in [9.17, 15) is 0 Å². The van der Waals surface area contributed by atoms with Crippen molar-refractivity contribution in [2.24, 2.45) is 12.8 Å². The average Bonchev–Trinajstić information content (AvgIpc) is 2.56. The van der Waals surface area contributed by atoms with Gasteiger partial charge in [0, 0.05) is 24.0 Å². The lowest BCUT2D eigenvalue weighted by atomic mass is 10.0. The first-order valence-corrected chi connectivity index (χ1v) is 7.27. The molecule has 3 nitrogen and oxygen atoms in total. The van der Waals surface area contributed by atoms with Gasteiger partial charge in [-0.25, -0.2) is 0 Å². The maximum atomic E-state index is 6.30. The van der Waals surface area contributed by atoms with Crippen LogP contribution in [-0.4, -0.2) is 9.78 Å². The fourth-order valence-electron chi connectivity index (χ4n) is 2.15. The van der Waals surface area contributed by atoms with E-state index in [-0.39, 0.29) is 6.04 Å². The summed E-state index contributed by atoms with van der Waals surface area (Å²) in [7, 11) is 1.89. The molecule has 5 heteroatoms. The Kier molecular flexibility index (Phi) is 4.33. The lowest BCUT2D eigenvalue weighted by Crippen LogP contribution is -2.16. The normalized spacial score (nSPS) is 12.7. The molecule has 2 N–H and O–H groups in total. The third-order valence-electron chi connectivity index (χ3n) is 3.23. The van der Waals surface area contributed by atoms with Crippen LogP contribution >= 0.6 is 27.5 Å². The molecule has 0 radical (unpaired) electrons. The summed E-state index contributed by atoms with van der Waals surface area (Å²) in [5.74, 6) is 0. The Labute approximate surface area is 126 Å². The molecule has 0 spiro atoms. The predicted octanol–water partition coefficient (Wildman–Crippen LogP) is 3.70. The van der Waals surface area contributed by atoms with Crippen LogP contribution in [-0.2, 0) is 13.5 Å². The van der Waals surface area contributed by atoms with Gasteiger partial charge in [0.1, 0.15) is 0 Å². The van der Waals surface area contributed by atoms with E-state index < -0.39 is 0 Å². The van der Waals surface area contributed by atoms with Crippen molar-refractivity contribution in [1.29, 1.82) is 0 Å². The van der Waals surface area contributed by atoms with Crippen LogP contribution < -0.4 is 5.73 Å². The summed E-state index contributed by atoms with van der Waals surface area (Å²) in [5.41, 5.74) is 10.4. The molecule has 0 saturated heterocycles. The van der Waals surface area contributed by atoms with Crippen LogP contribution in [0.2, 0.25) is 5.02 Å². The highest BCUT2D eigenvalue weighted by Crippen LogP contribution is 2.28. The van der Waals surface area contributed by atoms with Crippen LogP contribution in [0.5, 0.6) is 0 Å². The second kappa shape index (κ2) is 5.65. The molecule has 1 aromatic carbocycles. The fourth-order valence-corrected chi connectivity index (χ4v) is 3.18. The monoisotopic (exact) mass is 341 g/mol. The standard InChI is InChI=1S/C14H17BrClN3/c1-8-4-5-10(11(15)6-8)12(17)7-13-14(16)9(2)18-19(13)3/h4-6,12H,7,17H2,1-3H3. The van der Waals surface area contributed by atoms with Crippen LogP contribution in [0, 0.1) is 13.8 Å². The fraction of sp³-hybridized carbons (Fsp3) is 0.357. The summed E-state index contributed by atoms with van der Waals surface area (Å²) in [5, 5.41) is 5.02. The molecule has 0 aliphatic heterocycles.